The molecule has 0 spiro atoms. The zero-order valence-corrected chi connectivity index (χ0v) is 9.73. The lowest BCUT2D eigenvalue weighted by molar-refractivity contribution is 0.0954. The van der Waals surface area contributed by atoms with Gasteiger partial charge in [-0.1, -0.05) is 17.7 Å². The van der Waals surface area contributed by atoms with Gasteiger partial charge in [-0.2, -0.15) is 5.10 Å². The molecule has 0 saturated heterocycles. The third-order valence-corrected chi connectivity index (χ3v) is 2.55. The van der Waals surface area contributed by atoms with Crippen molar-refractivity contribution in [2.75, 3.05) is 6.54 Å². The summed E-state index contributed by atoms with van der Waals surface area (Å²) in [5.41, 5.74) is 2.87. The van der Waals surface area contributed by atoms with Crippen molar-refractivity contribution in [2.45, 2.75) is 13.3 Å². The van der Waals surface area contributed by atoms with Gasteiger partial charge in [0.05, 0.1) is 0 Å². The molecular weight excluding hydrogens is 214 g/mol. The van der Waals surface area contributed by atoms with Gasteiger partial charge in [0, 0.05) is 30.4 Å². The van der Waals surface area contributed by atoms with Gasteiger partial charge in [0.1, 0.15) is 0 Å². The highest BCUT2D eigenvalue weighted by Crippen LogP contribution is 2.02. The molecular formula is C13H15N3O. The Kier molecular flexibility index (Phi) is 3.55. The molecule has 88 valence electrons. The van der Waals surface area contributed by atoms with Crippen molar-refractivity contribution in [3.63, 3.8) is 0 Å². The van der Waals surface area contributed by atoms with Crippen LogP contribution >= 0.6 is 0 Å². The van der Waals surface area contributed by atoms with E-state index in [0.717, 1.165) is 17.7 Å². The first-order valence-electron chi connectivity index (χ1n) is 5.59. The van der Waals surface area contributed by atoms with E-state index in [9.17, 15) is 4.79 Å². The first-order chi connectivity index (χ1) is 8.25. The van der Waals surface area contributed by atoms with Crippen LogP contribution in [0.3, 0.4) is 0 Å². The van der Waals surface area contributed by atoms with E-state index in [4.69, 9.17) is 0 Å². The quantitative estimate of drug-likeness (QED) is 0.838. The molecule has 0 aliphatic heterocycles. The summed E-state index contributed by atoms with van der Waals surface area (Å²) in [5.74, 6) is -0.0375. The number of carbonyl (C=O) groups is 1. The minimum atomic E-state index is -0.0375. The van der Waals surface area contributed by atoms with Gasteiger partial charge < -0.3 is 5.32 Å². The van der Waals surface area contributed by atoms with Gasteiger partial charge in [0.25, 0.3) is 5.91 Å². The summed E-state index contributed by atoms with van der Waals surface area (Å²) >= 11 is 0. The predicted octanol–water partition coefficient (Wildman–Crippen LogP) is 1.69. The normalized spacial score (nSPS) is 10.2. The fraction of sp³-hybridized carbons (Fsp3) is 0.231. The fourth-order valence-electron chi connectivity index (χ4n) is 1.54. The summed E-state index contributed by atoms with van der Waals surface area (Å²) in [6.07, 6.45) is 2.47. The predicted molar refractivity (Wildman–Crippen MR) is 65.8 cm³/mol. The van der Waals surface area contributed by atoms with Crippen LogP contribution in [0.15, 0.2) is 36.5 Å². The lowest BCUT2D eigenvalue weighted by Gasteiger charge is -2.04. The standard InChI is InChI=1S/C13H15N3O/c1-10-2-4-11(5-3-10)13(17)14-8-6-12-7-9-15-16-12/h2-5,7,9H,6,8H2,1H3,(H,14,17)(H,15,16). The van der Waals surface area contributed by atoms with E-state index < -0.39 is 0 Å². The molecule has 1 aromatic heterocycles. The summed E-state index contributed by atoms with van der Waals surface area (Å²) in [6.45, 7) is 2.61. The van der Waals surface area contributed by atoms with E-state index in [1.54, 1.807) is 6.20 Å². The van der Waals surface area contributed by atoms with Crippen LogP contribution in [-0.2, 0) is 6.42 Å². The molecule has 1 aromatic carbocycles. The molecule has 4 nitrogen and oxygen atoms in total. The van der Waals surface area contributed by atoms with Crippen LogP contribution in [0.1, 0.15) is 21.6 Å². The zero-order chi connectivity index (χ0) is 12.1. The molecule has 2 N–H and O–H groups in total. The number of carbonyl (C=O) groups excluding carboxylic acids is 1. The monoisotopic (exact) mass is 229 g/mol. The number of aromatic nitrogens is 2. The molecule has 2 aromatic rings. The van der Waals surface area contributed by atoms with Crippen molar-refractivity contribution in [3.8, 4) is 0 Å². The minimum absolute atomic E-state index is 0.0375. The molecule has 0 bridgehead atoms. The third-order valence-electron chi connectivity index (χ3n) is 2.55. The van der Waals surface area contributed by atoms with Gasteiger partial charge in [0.2, 0.25) is 0 Å². The smallest absolute Gasteiger partial charge is 0.251 e. The van der Waals surface area contributed by atoms with Crippen LogP contribution in [0.4, 0.5) is 0 Å². The largest absolute Gasteiger partial charge is 0.352 e. The van der Waals surface area contributed by atoms with Crippen molar-refractivity contribution in [1.82, 2.24) is 15.5 Å². The molecule has 0 radical (unpaired) electrons. The average molecular weight is 229 g/mol. The third kappa shape index (κ3) is 3.17. The number of aryl methyl sites for hydroxylation is 1. The first-order valence-corrected chi connectivity index (χ1v) is 5.59. The van der Waals surface area contributed by atoms with E-state index in [-0.39, 0.29) is 5.91 Å². The zero-order valence-electron chi connectivity index (χ0n) is 9.73. The van der Waals surface area contributed by atoms with Crippen LogP contribution in [-0.4, -0.2) is 22.6 Å². The number of benzene rings is 1. The molecule has 0 atom stereocenters. The van der Waals surface area contributed by atoms with Gasteiger partial charge in [-0.3, -0.25) is 9.89 Å². The number of hydrogen-bond donors (Lipinski definition) is 2. The summed E-state index contributed by atoms with van der Waals surface area (Å²) in [7, 11) is 0. The molecule has 1 amide bonds. The SMILES string of the molecule is Cc1ccc(C(=O)NCCc2ccn[nH]2)cc1. The Morgan fingerprint density at radius 2 is 2.06 bits per heavy atom. The van der Waals surface area contributed by atoms with Crippen LogP contribution < -0.4 is 5.32 Å². The highest BCUT2D eigenvalue weighted by atomic mass is 16.1. The molecule has 0 fully saturated rings. The molecule has 4 heteroatoms. The first kappa shape index (κ1) is 11.4. The second-order valence-electron chi connectivity index (χ2n) is 3.95. The Hall–Kier alpha value is -2.10. The topological polar surface area (TPSA) is 57.8 Å². The van der Waals surface area contributed by atoms with Crippen molar-refractivity contribution in [3.05, 3.63) is 53.3 Å². The van der Waals surface area contributed by atoms with Crippen molar-refractivity contribution < 1.29 is 4.79 Å². The van der Waals surface area contributed by atoms with Gasteiger partial charge in [-0.05, 0) is 25.1 Å². The van der Waals surface area contributed by atoms with E-state index >= 15 is 0 Å². The minimum Gasteiger partial charge on any atom is -0.352 e. The highest BCUT2D eigenvalue weighted by Gasteiger charge is 2.04. The van der Waals surface area contributed by atoms with E-state index in [1.165, 1.54) is 0 Å². The fourth-order valence-corrected chi connectivity index (χ4v) is 1.54. The lowest BCUT2D eigenvalue weighted by Crippen LogP contribution is -2.25. The molecule has 2 rings (SSSR count). The second kappa shape index (κ2) is 5.30. The van der Waals surface area contributed by atoms with Gasteiger partial charge in [-0.15, -0.1) is 0 Å². The number of aromatic amines is 1. The maximum atomic E-state index is 11.7. The molecule has 0 unspecified atom stereocenters. The molecule has 0 aliphatic rings. The number of hydrogen-bond acceptors (Lipinski definition) is 2. The van der Waals surface area contributed by atoms with E-state index in [0.29, 0.717) is 12.1 Å². The van der Waals surface area contributed by atoms with Crippen LogP contribution in [0.5, 0.6) is 0 Å². The summed E-state index contributed by atoms with van der Waals surface area (Å²) in [5, 5.41) is 9.58. The van der Waals surface area contributed by atoms with Gasteiger partial charge in [0.15, 0.2) is 0 Å². The highest BCUT2D eigenvalue weighted by molar-refractivity contribution is 5.94. The number of rotatable bonds is 4. The van der Waals surface area contributed by atoms with E-state index in [2.05, 4.69) is 15.5 Å². The summed E-state index contributed by atoms with van der Waals surface area (Å²) in [6, 6.07) is 9.44. The maximum Gasteiger partial charge on any atom is 0.251 e. The molecule has 0 aliphatic carbocycles. The number of nitrogens with zero attached hydrogens (tertiary/aromatic N) is 1. The lowest BCUT2D eigenvalue weighted by atomic mass is 10.1. The van der Waals surface area contributed by atoms with Gasteiger partial charge >= 0.3 is 0 Å². The second-order valence-corrected chi connectivity index (χ2v) is 3.95. The number of amides is 1. The Morgan fingerprint density at radius 1 is 1.29 bits per heavy atom. The van der Waals surface area contributed by atoms with Crippen molar-refractivity contribution >= 4 is 5.91 Å². The number of H-pyrrole nitrogens is 1. The number of nitrogens with one attached hydrogen (secondary N) is 2. The Balaban J connectivity index is 1.83. The Morgan fingerprint density at radius 3 is 2.71 bits per heavy atom. The molecule has 0 saturated carbocycles. The average Bonchev–Trinajstić information content (AvgIpc) is 2.83. The van der Waals surface area contributed by atoms with Crippen LogP contribution in [0, 0.1) is 6.92 Å². The van der Waals surface area contributed by atoms with Crippen LogP contribution in [0.2, 0.25) is 0 Å². The summed E-state index contributed by atoms with van der Waals surface area (Å²) < 4.78 is 0. The molecule has 17 heavy (non-hydrogen) atoms. The Bertz CT molecular complexity index is 474. The molecule has 1 heterocycles. The Labute approximate surface area is 100 Å². The van der Waals surface area contributed by atoms with Crippen LogP contribution in [0.25, 0.3) is 0 Å². The van der Waals surface area contributed by atoms with Crippen molar-refractivity contribution in [2.24, 2.45) is 0 Å². The maximum absolute atomic E-state index is 11.7. The summed E-state index contributed by atoms with van der Waals surface area (Å²) in [4.78, 5) is 11.7. The van der Waals surface area contributed by atoms with E-state index in [1.807, 2.05) is 37.3 Å². The van der Waals surface area contributed by atoms with Crippen molar-refractivity contribution in [1.29, 1.82) is 0 Å². The van der Waals surface area contributed by atoms with Gasteiger partial charge in [-0.25, -0.2) is 0 Å².